The summed E-state index contributed by atoms with van der Waals surface area (Å²) >= 11 is 0. The van der Waals surface area contributed by atoms with Crippen LogP contribution in [-0.4, -0.2) is 11.2 Å². The average molecular weight is 238 g/mol. The Morgan fingerprint density at radius 3 is 2.72 bits per heavy atom. The van der Waals surface area contributed by atoms with Crippen molar-refractivity contribution in [3.8, 4) is 11.8 Å². The van der Waals surface area contributed by atoms with Gasteiger partial charge in [0.1, 0.15) is 6.10 Å². The van der Waals surface area contributed by atoms with Crippen molar-refractivity contribution in [3.63, 3.8) is 0 Å². The molecule has 2 aromatic rings. The van der Waals surface area contributed by atoms with E-state index in [4.69, 9.17) is 0 Å². The van der Waals surface area contributed by atoms with Crippen molar-refractivity contribution in [1.29, 1.82) is 0 Å². The zero-order valence-corrected chi connectivity index (χ0v) is 10.7. The fraction of sp³-hybridized carbons (Fsp3) is 0.294. The van der Waals surface area contributed by atoms with Crippen LogP contribution in [0.1, 0.15) is 31.7 Å². The summed E-state index contributed by atoms with van der Waals surface area (Å²) in [5, 5.41) is 12.1. The van der Waals surface area contributed by atoms with Gasteiger partial charge in [0.05, 0.1) is 0 Å². The Morgan fingerprint density at radius 2 is 1.89 bits per heavy atom. The number of unbranched alkanes of at least 4 members (excludes halogenated alkanes) is 1. The Bertz CT molecular complexity index is 569. The van der Waals surface area contributed by atoms with Gasteiger partial charge in [-0.25, -0.2) is 0 Å². The van der Waals surface area contributed by atoms with Crippen molar-refractivity contribution in [2.45, 2.75) is 32.3 Å². The maximum absolute atomic E-state index is 9.74. The molecule has 1 heteroatoms. The summed E-state index contributed by atoms with van der Waals surface area (Å²) in [6.07, 6.45) is 2.36. The molecular weight excluding hydrogens is 220 g/mol. The first-order valence-electron chi connectivity index (χ1n) is 6.48. The Morgan fingerprint density at radius 1 is 1.11 bits per heavy atom. The number of hydrogen-bond donors (Lipinski definition) is 1. The van der Waals surface area contributed by atoms with Gasteiger partial charge in [-0.3, -0.25) is 0 Å². The number of aliphatic hydroxyl groups is 1. The molecule has 0 spiro atoms. The first-order chi connectivity index (χ1) is 8.81. The Hall–Kier alpha value is -1.78. The van der Waals surface area contributed by atoms with Gasteiger partial charge in [-0.15, -0.1) is 0 Å². The Kier molecular flexibility index (Phi) is 4.39. The molecule has 1 N–H and O–H groups in total. The van der Waals surface area contributed by atoms with Crippen molar-refractivity contribution >= 4 is 10.8 Å². The fourth-order valence-electron chi connectivity index (χ4n) is 1.97. The number of fused-ring (bicyclic) bond motifs is 1. The van der Waals surface area contributed by atoms with Crippen LogP contribution in [0.4, 0.5) is 0 Å². The summed E-state index contributed by atoms with van der Waals surface area (Å²) in [6.45, 7) is 2.12. The van der Waals surface area contributed by atoms with Crippen LogP contribution in [0.15, 0.2) is 42.5 Å². The van der Waals surface area contributed by atoms with Gasteiger partial charge < -0.3 is 5.11 Å². The summed E-state index contributed by atoms with van der Waals surface area (Å²) in [7, 11) is 0. The molecule has 0 radical (unpaired) electrons. The summed E-state index contributed by atoms with van der Waals surface area (Å²) in [5.74, 6) is 6.03. The van der Waals surface area contributed by atoms with Gasteiger partial charge >= 0.3 is 0 Å². The Labute approximate surface area is 108 Å². The topological polar surface area (TPSA) is 20.2 Å². The molecule has 1 unspecified atom stereocenters. The minimum Gasteiger partial charge on any atom is -0.380 e. The van der Waals surface area contributed by atoms with Crippen LogP contribution in [0, 0.1) is 11.8 Å². The van der Waals surface area contributed by atoms with Crippen molar-refractivity contribution in [1.82, 2.24) is 0 Å². The molecule has 0 aliphatic heterocycles. The fourth-order valence-corrected chi connectivity index (χ4v) is 1.97. The third-order valence-corrected chi connectivity index (χ3v) is 2.99. The third-order valence-electron chi connectivity index (χ3n) is 2.99. The lowest BCUT2D eigenvalue weighted by Crippen LogP contribution is -2.01. The first kappa shape index (κ1) is 12.7. The van der Waals surface area contributed by atoms with E-state index in [1.54, 1.807) is 0 Å². The highest BCUT2D eigenvalue weighted by Crippen LogP contribution is 2.17. The molecule has 2 rings (SSSR count). The Balaban J connectivity index is 2.24. The second-order valence-corrected chi connectivity index (χ2v) is 4.45. The van der Waals surface area contributed by atoms with E-state index in [1.165, 1.54) is 5.39 Å². The molecular formula is C17H18O. The van der Waals surface area contributed by atoms with Gasteiger partial charge in [0.2, 0.25) is 0 Å². The first-order valence-corrected chi connectivity index (χ1v) is 6.48. The van der Waals surface area contributed by atoms with Gasteiger partial charge in [-0.1, -0.05) is 68.0 Å². The van der Waals surface area contributed by atoms with E-state index in [0.29, 0.717) is 0 Å². The molecule has 0 heterocycles. The standard InChI is InChI=1S/C17H18O/c1-2-3-10-16(18)13-12-15-9-6-8-14-7-4-5-11-17(14)15/h4-9,11,16,18H,2-3,10H2,1H3. The minimum absolute atomic E-state index is 0.510. The summed E-state index contributed by atoms with van der Waals surface area (Å²) < 4.78 is 0. The lowest BCUT2D eigenvalue weighted by atomic mass is 10.0. The normalized spacial score (nSPS) is 11.9. The SMILES string of the molecule is CCCCC(O)C#Cc1cccc2ccccc12. The highest BCUT2D eigenvalue weighted by Gasteiger charge is 1.99. The summed E-state index contributed by atoms with van der Waals surface area (Å²) in [5.41, 5.74) is 0.989. The van der Waals surface area contributed by atoms with Crippen molar-refractivity contribution in [2.75, 3.05) is 0 Å². The predicted octanol–water partition coefficient (Wildman–Crippen LogP) is 3.74. The summed E-state index contributed by atoms with van der Waals surface area (Å²) in [4.78, 5) is 0. The van der Waals surface area contributed by atoms with E-state index >= 15 is 0 Å². The second-order valence-electron chi connectivity index (χ2n) is 4.45. The van der Waals surface area contributed by atoms with E-state index in [2.05, 4.69) is 37.0 Å². The van der Waals surface area contributed by atoms with Crippen LogP contribution in [0.5, 0.6) is 0 Å². The van der Waals surface area contributed by atoms with Crippen LogP contribution in [-0.2, 0) is 0 Å². The predicted molar refractivity (Wildman–Crippen MR) is 76.4 cm³/mol. The smallest absolute Gasteiger partial charge is 0.115 e. The van der Waals surface area contributed by atoms with Gasteiger partial charge in [-0.2, -0.15) is 0 Å². The molecule has 0 bridgehead atoms. The number of aliphatic hydroxyl groups excluding tert-OH is 1. The molecule has 0 aliphatic carbocycles. The molecule has 92 valence electrons. The molecule has 2 aromatic carbocycles. The van der Waals surface area contributed by atoms with E-state index < -0.39 is 6.10 Å². The lowest BCUT2D eigenvalue weighted by molar-refractivity contribution is 0.218. The van der Waals surface area contributed by atoms with E-state index in [-0.39, 0.29) is 0 Å². The lowest BCUT2D eigenvalue weighted by Gasteiger charge is -2.02. The largest absolute Gasteiger partial charge is 0.380 e. The van der Waals surface area contributed by atoms with E-state index in [0.717, 1.165) is 30.2 Å². The van der Waals surface area contributed by atoms with Crippen molar-refractivity contribution < 1.29 is 5.11 Å². The van der Waals surface area contributed by atoms with Crippen molar-refractivity contribution in [3.05, 3.63) is 48.0 Å². The maximum Gasteiger partial charge on any atom is 0.115 e. The summed E-state index contributed by atoms with van der Waals surface area (Å²) in [6, 6.07) is 14.3. The van der Waals surface area contributed by atoms with E-state index in [1.807, 2.05) is 24.3 Å². The third kappa shape index (κ3) is 3.12. The highest BCUT2D eigenvalue weighted by molar-refractivity contribution is 5.88. The highest BCUT2D eigenvalue weighted by atomic mass is 16.3. The quantitative estimate of drug-likeness (QED) is 0.808. The zero-order chi connectivity index (χ0) is 12.8. The monoisotopic (exact) mass is 238 g/mol. The van der Waals surface area contributed by atoms with Crippen LogP contribution >= 0.6 is 0 Å². The maximum atomic E-state index is 9.74. The molecule has 0 aromatic heterocycles. The molecule has 1 atom stereocenters. The molecule has 0 aliphatic rings. The van der Waals surface area contributed by atoms with Crippen LogP contribution < -0.4 is 0 Å². The van der Waals surface area contributed by atoms with Crippen LogP contribution in [0.25, 0.3) is 10.8 Å². The number of rotatable bonds is 3. The minimum atomic E-state index is -0.510. The number of hydrogen-bond acceptors (Lipinski definition) is 1. The molecule has 18 heavy (non-hydrogen) atoms. The van der Waals surface area contributed by atoms with Crippen molar-refractivity contribution in [2.24, 2.45) is 0 Å². The van der Waals surface area contributed by atoms with E-state index in [9.17, 15) is 5.11 Å². The average Bonchev–Trinajstić information content (AvgIpc) is 2.42. The molecule has 0 amide bonds. The van der Waals surface area contributed by atoms with Crippen LogP contribution in [0.3, 0.4) is 0 Å². The molecule has 1 nitrogen and oxygen atoms in total. The molecule has 0 fully saturated rings. The number of benzene rings is 2. The van der Waals surface area contributed by atoms with Crippen LogP contribution in [0.2, 0.25) is 0 Å². The van der Waals surface area contributed by atoms with Gasteiger partial charge in [0.25, 0.3) is 0 Å². The van der Waals surface area contributed by atoms with Gasteiger partial charge in [-0.05, 0) is 23.3 Å². The molecule has 0 saturated carbocycles. The van der Waals surface area contributed by atoms with Gasteiger partial charge in [0, 0.05) is 5.56 Å². The second kappa shape index (κ2) is 6.23. The zero-order valence-electron chi connectivity index (χ0n) is 10.7. The molecule has 0 saturated heterocycles. The van der Waals surface area contributed by atoms with Gasteiger partial charge in [0.15, 0.2) is 0 Å².